The third kappa shape index (κ3) is 4.11. The van der Waals surface area contributed by atoms with E-state index in [1.807, 2.05) is 31.2 Å². The Balaban J connectivity index is 2.10. The molecule has 3 aromatic rings. The van der Waals surface area contributed by atoms with Crippen LogP contribution in [-0.2, 0) is 4.79 Å². The van der Waals surface area contributed by atoms with Crippen molar-refractivity contribution in [2.45, 2.75) is 24.3 Å². The molecule has 0 aliphatic carbocycles. The van der Waals surface area contributed by atoms with Crippen LogP contribution in [-0.4, -0.2) is 32.5 Å². The van der Waals surface area contributed by atoms with Crippen LogP contribution in [0.2, 0.25) is 0 Å². The van der Waals surface area contributed by atoms with E-state index in [4.69, 9.17) is 10.5 Å². The first-order valence-corrected chi connectivity index (χ1v) is 9.28. The molecule has 2 N–H and O–H groups in total. The predicted octanol–water partition coefficient (Wildman–Crippen LogP) is 3.44. The highest BCUT2D eigenvalue weighted by Gasteiger charge is 2.22. The maximum absolute atomic E-state index is 14.5. The molecule has 8 heteroatoms. The smallest absolute Gasteiger partial charge is 0.230 e. The van der Waals surface area contributed by atoms with Crippen molar-refractivity contribution in [3.05, 3.63) is 54.3 Å². The highest BCUT2D eigenvalue weighted by molar-refractivity contribution is 8.00. The number of nitrogens with zero attached hydrogens (tertiary/aromatic N) is 3. The summed E-state index contributed by atoms with van der Waals surface area (Å²) in [6.45, 7) is 4.15. The lowest BCUT2D eigenvalue weighted by Crippen LogP contribution is -2.23. The van der Waals surface area contributed by atoms with Gasteiger partial charge in [0.2, 0.25) is 5.91 Å². The molecule has 0 bridgehead atoms. The lowest BCUT2D eigenvalue weighted by atomic mass is 10.2. The maximum Gasteiger partial charge on any atom is 0.230 e. The second-order valence-corrected chi connectivity index (χ2v) is 7.02. The molecule has 0 saturated heterocycles. The van der Waals surface area contributed by atoms with Gasteiger partial charge in [0, 0.05) is 5.56 Å². The van der Waals surface area contributed by atoms with E-state index in [0.29, 0.717) is 23.3 Å². The number of benzene rings is 2. The number of thioether (sulfide) groups is 1. The molecule has 140 valence electrons. The van der Waals surface area contributed by atoms with Crippen LogP contribution in [0.1, 0.15) is 13.8 Å². The van der Waals surface area contributed by atoms with Crippen molar-refractivity contribution in [2.24, 2.45) is 5.73 Å². The topological polar surface area (TPSA) is 83.0 Å². The molecule has 1 aromatic heterocycles. The Kier molecular flexibility index (Phi) is 5.75. The number of hydrogen-bond acceptors (Lipinski definition) is 5. The van der Waals surface area contributed by atoms with Crippen LogP contribution in [0.5, 0.6) is 5.75 Å². The molecule has 0 fully saturated rings. The van der Waals surface area contributed by atoms with E-state index in [0.717, 1.165) is 23.1 Å². The van der Waals surface area contributed by atoms with Gasteiger partial charge in [-0.1, -0.05) is 23.9 Å². The van der Waals surface area contributed by atoms with Crippen molar-refractivity contribution >= 4 is 17.7 Å². The molecule has 6 nitrogen and oxygen atoms in total. The van der Waals surface area contributed by atoms with E-state index in [-0.39, 0.29) is 0 Å². The summed E-state index contributed by atoms with van der Waals surface area (Å²) in [5.41, 5.74) is 6.40. The molecule has 0 saturated carbocycles. The van der Waals surface area contributed by atoms with Gasteiger partial charge in [0.05, 0.1) is 17.5 Å². The normalized spacial score (nSPS) is 12.0. The Morgan fingerprint density at radius 2 is 1.93 bits per heavy atom. The number of carbonyl (C=O) groups is 1. The van der Waals surface area contributed by atoms with Crippen molar-refractivity contribution in [3.63, 3.8) is 0 Å². The van der Waals surface area contributed by atoms with Crippen molar-refractivity contribution in [1.82, 2.24) is 14.8 Å². The lowest BCUT2D eigenvalue weighted by molar-refractivity contribution is -0.117. The number of amides is 1. The van der Waals surface area contributed by atoms with Gasteiger partial charge in [-0.15, -0.1) is 10.2 Å². The number of carbonyl (C=O) groups excluding carboxylic acids is 1. The van der Waals surface area contributed by atoms with Crippen molar-refractivity contribution in [2.75, 3.05) is 6.61 Å². The molecule has 0 spiro atoms. The third-order valence-corrected chi connectivity index (χ3v) is 4.89. The van der Waals surface area contributed by atoms with Crippen LogP contribution in [0.4, 0.5) is 4.39 Å². The summed E-state index contributed by atoms with van der Waals surface area (Å²) >= 11 is 1.13. The molecule has 0 radical (unpaired) electrons. The van der Waals surface area contributed by atoms with Gasteiger partial charge in [-0.05, 0) is 50.2 Å². The summed E-state index contributed by atoms with van der Waals surface area (Å²) < 4.78 is 21.5. The van der Waals surface area contributed by atoms with Gasteiger partial charge < -0.3 is 10.5 Å². The predicted molar refractivity (Wildman–Crippen MR) is 102 cm³/mol. The highest BCUT2D eigenvalue weighted by atomic mass is 32.2. The SMILES string of the molecule is CCOc1ccc(-c2nnc(SC(C)C(N)=O)n2-c2ccccc2F)cc1. The molecule has 1 amide bonds. The highest BCUT2D eigenvalue weighted by Crippen LogP contribution is 2.31. The maximum atomic E-state index is 14.5. The lowest BCUT2D eigenvalue weighted by Gasteiger charge is -2.13. The van der Waals surface area contributed by atoms with Gasteiger partial charge in [-0.25, -0.2) is 4.39 Å². The van der Waals surface area contributed by atoms with Crippen LogP contribution in [0, 0.1) is 5.82 Å². The number of ether oxygens (including phenoxy) is 1. The Hall–Kier alpha value is -2.87. The van der Waals surface area contributed by atoms with E-state index in [9.17, 15) is 9.18 Å². The molecule has 2 aromatic carbocycles. The van der Waals surface area contributed by atoms with Crippen LogP contribution >= 0.6 is 11.8 Å². The minimum atomic E-state index is -0.534. The minimum Gasteiger partial charge on any atom is -0.494 e. The summed E-state index contributed by atoms with van der Waals surface area (Å²) in [6.07, 6.45) is 0. The van der Waals surface area contributed by atoms with E-state index in [2.05, 4.69) is 10.2 Å². The fourth-order valence-corrected chi connectivity index (χ4v) is 3.28. The number of primary amides is 1. The van der Waals surface area contributed by atoms with Gasteiger partial charge in [0.25, 0.3) is 0 Å². The summed E-state index contributed by atoms with van der Waals surface area (Å²) in [5, 5.41) is 8.24. The number of halogens is 1. The largest absolute Gasteiger partial charge is 0.494 e. The second-order valence-electron chi connectivity index (χ2n) is 5.71. The summed E-state index contributed by atoms with van der Waals surface area (Å²) in [6, 6.07) is 13.6. The third-order valence-electron chi connectivity index (χ3n) is 3.83. The summed E-state index contributed by atoms with van der Waals surface area (Å²) in [4.78, 5) is 11.5. The van der Waals surface area contributed by atoms with Gasteiger partial charge in [0.1, 0.15) is 11.6 Å². The Labute approximate surface area is 160 Å². The van der Waals surface area contributed by atoms with Crippen molar-refractivity contribution in [1.29, 1.82) is 0 Å². The zero-order valence-electron chi connectivity index (χ0n) is 14.9. The van der Waals surface area contributed by atoms with Gasteiger partial charge in [-0.2, -0.15) is 0 Å². The van der Waals surface area contributed by atoms with Crippen LogP contribution in [0.3, 0.4) is 0 Å². The average Bonchev–Trinajstić information content (AvgIpc) is 3.06. The van der Waals surface area contributed by atoms with Gasteiger partial charge >= 0.3 is 0 Å². The Morgan fingerprint density at radius 3 is 2.56 bits per heavy atom. The quantitative estimate of drug-likeness (QED) is 0.629. The van der Waals surface area contributed by atoms with Gasteiger partial charge in [-0.3, -0.25) is 9.36 Å². The zero-order chi connectivity index (χ0) is 19.4. The fraction of sp³-hybridized carbons (Fsp3) is 0.211. The average molecular weight is 386 g/mol. The van der Waals surface area contributed by atoms with Crippen molar-refractivity contribution in [3.8, 4) is 22.8 Å². The Morgan fingerprint density at radius 1 is 1.22 bits per heavy atom. The number of nitrogens with two attached hydrogens (primary N) is 1. The molecule has 1 heterocycles. The molecular weight excluding hydrogens is 367 g/mol. The summed E-state index contributed by atoms with van der Waals surface area (Å²) in [5.74, 6) is 0.293. The number of para-hydroxylation sites is 1. The van der Waals surface area contributed by atoms with E-state index >= 15 is 0 Å². The second kappa shape index (κ2) is 8.22. The molecule has 0 aliphatic rings. The van der Waals surface area contributed by atoms with Crippen molar-refractivity contribution < 1.29 is 13.9 Å². The Bertz CT molecular complexity index is 943. The standard InChI is InChI=1S/C19H19FN4O2S/c1-3-26-14-10-8-13(9-11-14)18-22-23-19(27-12(2)17(21)25)24(18)16-7-5-4-6-15(16)20/h4-12H,3H2,1-2H3,(H2,21,25). The summed E-state index contributed by atoms with van der Waals surface area (Å²) in [7, 11) is 0. The molecule has 1 atom stereocenters. The monoisotopic (exact) mass is 386 g/mol. The molecule has 1 unspecified atom stereocenters. The van der Waals surface area contributed by atoms with E-state index in [1.54, 1.807) is 29.7 Å². The van der Waals surface area contributed by atoms with Crippen LogP contribution in [0.25, 0.3) is 17.1 Å². The first-order chi connectivity index (χ1) is 13.0. The molecular formula is C19H19FN4O2S. The first kappa shape index (κ1) is 18.9. The number of hydrogen-bond donors (Lipinski definition) is 1. The molecule has 0 aliphatic heterocycles. The zero-order valence-corrected chi connectivity index (χ0v) is 15.7. The number of aromatic nitrogens is 3. The minimum absolute atomic E-state index is 0.297. The molecule has 27 heavy (non-hydrogen) atoms. The van der Waals surface area contributed by atoms with E-state index < -0.39 is 17.0 Å². The molecule has 3 rings (SSSR count). The van der Waals surface area contributed by atoms with Crippen LogP contribution < -0.4 is 10.5 Å². The van der Waals surface area contributed by atoms with E-state index in [1.165, 1.54) is 6.07 Å². The first-order valence-electron chi connectivity index (χ1n) is 8.40. The fourth-order valence-electron chi connectivity index (χ4n) is 2.47. The van der Waals surface area contributed by atoms with Crippen LogP contribution in [0.15, 0.2) is 53.7 Å². The number of rotatable bonds is 7. The van der Waals surface area contributed by atoms with Gasteiger partial charge in [0.15, 0.2) is 11.0 Å².